The molecule has 140 heavy (non-hydrogen) atoms. The lowest BCUT2D eigenvalue weighted by Gasteiger charge is -2.71. The molecule has 8 aliphatic heterocycles. The molecule has 24 N–H and O–H groups in total. The minimum atomic E-state index is -2.36. The molecule has 804 valence electrons. The van der Waals surface area contributed by atoms with E-state index >= 15 is 4.79 Å². The maximum Gasteiger partial charge on any atom is 0.335 e. The average molecular weight is 2020 g/mol. The van der Waals surface area contributed by atoms with Gasteiger partial charge in [-0.15, -0.1) is 0 Å². The van der Waals surface area contributed by atoms with Gasteiger partial charge in [0.05, 0.1) is 101 Å². The van der Waals surface area contributed by atoms with Crippen LogP contribution in [0.5, 0.6) is 0 Å². The summed E-state index contributed by atoms with van der Waals surface area (Å²) in [7, 11) is 0. The molecule has 0 amide bonds. The van der Waals surface area contributed by atoms with Gasteiger partial charge < -0.3 is 213 Å². The van der Waals surface area contributed by atoms with Crippen molar-refractivity contribution >= 4 is 30.2 Å². The van der Waals surface area contributed by atoms with Crippen LogP contribution in [0.4, 0.5) is 0 Å². The number of aldehydes is 1. The Labute approximate surface area is 808 Å². The number of aliphatic hydroxyl groups excluding tert-OH is 22. The van der Waals surface area contributed by atoms with Crippen LogP contribution in [0.25, 0.3) is 0 Å². The second-order valence-corrected chi connectivity index (χ2v) is 43.1. The molecule has 13 aliphatic rings. The number of aliphatic carboxylic acids is 1. The Morgan fingerprint density at radius 1 is 0.500 bits per heavy atom. The average Bonchev–Trinajstić information content (AvgIpc) is 0.708. The molecule has 8 heterocycles. The van der Waals surface area contributed by atoms with Gasteiger partial charge in [-0.2, -0.15) is 0 Å². The van der Waals surface area contributed by atoms with Crippen LogP contribution < -0.4 is 0 Å². The Hall–Kier alpha value is -4.23. The third-order valence-electron chi connectivity index (χ3n) is 33.6. The van der Waals surface area contributed by atoms with E-state index in [1.807, 2.05) is 27.7 Å². The lowest BCUT2D eigenvalue weighted by atomic mass is 9.33. The van der Waals surface area contributed by atoms with E-state index in [9.17, 15) is 142 Å². The zero-order valence-electron chi connectivity index (χ0n) is 80.7. The molecule has 0 spiro atoms. The normalized spacial score (nSPS) is 48.8. The smallest absolute Gasteiger partial charge is 0.335 e. The maximum absolute atomic E-state index is 16.6. The van der Waals surface area contributed by atoms with Crippen LogP contribution in [0.3, 0.4) is 0 Å². The summed E-state index contributed by atoms with van der Waals surface area (Å²) in [4.78, 5) is 72.1. The van der Waals surface area contributed by atoms with Crippen LogP contribution in [-0.2, 0) is 109 Å². The molecule has 47 nitrogen and oxygen atoms in total. The number of carboxylic acid groups (broad SMARTS) is 1. The van der Waals surface area contributed by atoms with Gasteiger partial charge >= 0.3 is 23.9 Å². The molecule has 0 aromatic carbocycles. The van der Waals surface area contributed by atoms with E-state index in [-0.39, 0.29) is 63.2 Å². The van der Waals surface area contributed by atoms with Crippen LogP contribution in [-0.4, -0.2) is 450 Å². The largest absolute Gasteiger partial charge is 0.479 e. The van der Waals surface area contributed by atoms with Gasteiger partial charge in [0.2, 0.25) is 6.29 Å². The Kier molecular flexibility index (Phi) is 36.2. The third kappa shape index (κ3) is 21.8. The summed E-state index contributed by atoms with van der Waals surface area (Å²) in [6.45, 7) is 16.8. The van der Waals surface area contributed by atoms with Crippen molar-refractivity contribution in [1.82, 2.24) is 0 Å². The van der Waals surface area contributed by atoms with E-state index in [0.717, 1.165) is 11.9 Å². The molecule has 47 heteroatoms. The summed E-state index contributed by atoms with van der Waals surface area (Å²) >= 11 is 0. The summed E-state index contributed by atoms with van der Waals surface area (Å²) in [5.41, 5.74) is -8.04. The summed E-state index contributed by atoms with van der Waals surface area (Å²) in [6, 6.07) is 0. The molecule has 12 fully saturated rings. The number of ether oxygens (including phenoxy) is 18. The van der Waals surface area contributed by atoms with Gasteiger partial charge in [0, 0.05) is 12.8 Å². The number of hydrogen-bond donors (Lipinski definition) is 24. The number of carbonyl (C=O) groups excluding carboxylic acids is 4. The van der Waals surface area contributed by atoms with E-state index in [2.05, 4.69) is 19.9 Å². The monoisotopic (exact) mass is 2020 g/mol. The van der Waals surface area contributed by atoms with Crippen molar-refractivity contribution in [3.8, 4) is 0 Å². The number of fused-ring (bicyclic) bond motifs is 7. The molecule has 0 aromatic rings. The molecule has 52 atom stereocenters. The van der Waals surface area contributed by atoms with Gasteiger partial charge in [-0.1, -0.05) is 93.7 Å². The lowest BCUT2D eigenvalue weighted by molar-refractivity contribution is -0.396. The number of rotatable bonds is 35. The van der Waals surface area contributed by atoms with Gasteiger partial charge in [0.1, 0.15) is 158 Å². The first kappa shape index (κ1) is 113. The zero-order chi connectivity index (χ0) is 103. The standard InChI is InChI=1S/C93H150O47/c1-13-36(3)44(100)23-40(98)25-54(104)128-47(37(4)14-2)24-41(99)26-55(105)132-68-38(5)127-83(74(64(68)114)138-82-67(117)72(136-80-62(112)59(109)57(107)48(29-94)129-80)69(39(6)126-82)133-79-66(116)70(46(102)32-124-79)134-85-76(118)92(122,34-97)35-125-85)140-86(121)93-22-21-87(7,8)27-43(93)42-15-16-51-88(9)19-18-53(89(10,33-96)50(88)17-20-90(51,11)91(42,12)28-52(93)103)131-84-75(139-81-63(113)60(110)58(108)49(30-95)130-81)71(65(115)73(137-84)77(119)120)135-78-61(111)56(106)45(101)31-123-78/h15,33,36-41,43-53,56-76,78-85,94-95,97-103,106-118,122H,13-14,16-32,34-35H2,1-12H3,(H,119,120)/t36?,37?,38?,39?,40?,41?,43?,44?,45?,46?,47?,48?,49?,50?,51?,52?,53?,56?,57?,58?,59?,60?,61?,62?,63?,64?,65?,66?,67?,68?,69?,70?,71?,72?,73?,74?,75?,76-,78?,79?,80?,81?,82?,83?,84?,85-,88?,89?,90?,91?,92+,93?/m1/s1. The molecular formula is C93H150O47. The number of aliphatic hydroxyl groups is 23. The summed E-state index contributed by atoms with van der Waals surface area (Å²) in [5, 5.41) is 270. The van der Waals surface area contributed by atoms with Crippen molar-refractivity contribution < 1.29 is 232 Å². The number of esters is 3. The van der Waals surface area contributed by atoms with E-state index in [4.69, 9.17) is 85.3 Å². The molecule has 5 aliphatic carbocycles. The Bertz CT molecular complexity index is 4160. The fraction of sp³-hybridized carbons (Fsp3) is 0.925. The van der Waals surface area contributed by atoms with Gasteiger partial charge in [0.25, 0.3) is 0 Å². The van der Waals surface area contributed by atoms with Crippen LogP contribution in [0.2, 0.25) is 0 Å². The molecule has 0 aromatic heterocycles. The molecule has 0 radical (unpaired) electrons. The van der Waals surface area contributed by atoms with Crippen molar-refractivity contribution in [2.45, 2.75) is 437 Å². The first-order valence-electron chi connectivity index (χ1n) is 48.9. The van der Waals surface area contributed by atoms with Crippen LogP contribution >= 0.6 is 0 Å². The minimum absolute atomic E-state index is 0.0179. The highest BCUT2D eigenvalue weighted by atomic mass is 16.8. The van der Waals surface area contributed by atoms with Gasteiger partial charge in [-0.3, -0.25) is 14.4 Å². The molecular weight excluding hydrogens is 1870 g/mol. The second-order valence-electron chi connectivity index (χ2n) is 43.1. The first-order chi connectivity index (χ1) is 65.7. The Morgan fingerprint density at radius 2 is 1.04 bits per heavy atom. The highest BCUT2D eigenvalue weighted by Gasteiger charge is 2.74. The van der Waals surface area contributed by atoms with Crippen molar-refractivity contribution in [3.63, 3.8) is 0 Å². The van der Waals surface area contributed by atoms with E-state index < -0.39 is 384 Å². The predicted molar refractivity (Wildman–Crippen MR) is 464 cm³/mol. The van der Waals surface area contributed by atoms with E-state index in [0.29, 0.717) is 32.1 Å². The highest BCUT2D eigenvalue weighted by molar-refractivity contribution is 5.80. The fourth-order valence-electron chi connectivity index (χ4n) is 24.3. The third-order valence-corrected chi connectivity index (χ3v) is 33.6. The molecule has 8 saturated heterocycles. The van der Waals surface area contributed by atoms with Crippen molar-refractivity contribution in [3.05, 3.63) is 11.6 Å². The second kappa shape index (κ2) is 44.9. The number of allylic oxidation sites excluding steroid dienone is 2. The van der Waals surface area contributed by atoms with Crippen LogP contribution in [0.15, 0.2) is 11.6 Å². The number of hydrogen-bond acceptors (Lipinski definition) is 46. The van der Waals surface area contributed by atoms with Crippen molar-refractivity contribution in [2.75, 3.05) is 39.6 Å². The van der Waals surface area contributed by atoms with E-state index in [1.165, 1.54) is 13.8 Å². The van der Waals surface area contributed by atoms with Crippen LogP contribution in [0, 0.1) is 62.1 Å². The zero-order valence-corrected chi connectivity index (χ0v) is 80.7. The molecule has 0 bridgehead atoms. The quantitative estimate of drug-likeness (QED) is 0.00923. The fourth-order valence-corrected chi connectivity index (χ4v) is 24.3. The highest BCUT2D eigenvalue weighted by Crippen LogP contribution is 2.76. The number of carboxylic acids is 1. The van der Waals surface area contributed by atoms with Gasteiger partial charge in [-0.05, 0) is 123 Å². The number of carbonyl (C=O) groups is 5. The van der Waals surface area contributed by atoms with Crippen molar-refractivity contribution in [2.24, 2.45) is 62.1 Å². The molecule has 13 rings (SSSR count). The Balaban J connectivity index is 0.800. The predicted octanol–water partition coefficient (Wildman–Crippen LogP) is -6.32. The van der Waals surface area contributed by atoms with E-state index in [1.54, 1.807) is 27.7 Å². The molecule has 4 saturated carbocycles. The van der Waals surface area contributed by atoms with Crippen LogP contribution in [0.1, 0.15) is 179 Å². The topological polar surface area (TPSA) is 737 Å². The minimum Gasteiger partial charge on any atom is -0.479 e. The van der Waals surface area contributed by atoms with Gasteiger partial charge in [-0.25, -0.2) is 4.79 Å². The maximum atomic E-state index is 16.6. The first-order valence-corrected chi connectivity index (χ1v) is 48.9. The summed E-state index contributed by atoms with van der Waals surface area (Å²) in [6.07, 6.45) is -73.2. The summed E-state index contributed by atoms with van der Waals surface area (Å²) in [5.74, 6) is -7.30. The SMILES string of the molecule is CCC(C)C(O)CC(O)CC(=O)OC(CC(O)CC(=O)OC1C(C)OC(OC(=O)C23CCC(C)(C)CC2C2=CCC4C5(C)CCC(OC6OC(C(=O)O)C(O)C(OC7OCC(O)C(O)C7O)C6OC6OC(CO)C(O)C(O)C6O)C(C)(C=O)C5CCC4(C)C2(C)CC3O)C(OC2OC(C)C(OC3OCC(O)C(O[C@H]4OC[C@@](O)(CO)[C@@H]4O)C3O)C(OC3OC(CO)C(O)C(O)C3O)C2O)C1O)C(C)CC. The lowest BCUT2D eigenvalue weighted by Crippen LogP contribution is -2.69. The Morgan fingerprint density at radius 3 is 1.64 bits per heavy atom. The van der Waals surface area contributed by atoms with Gasteiger partial charge in [0.15, 0.2) is 62.3 Å². The van der Waals surface area contributed by atoms with Crippen molar-refractivity contribution in [1.29, 1.82) is 0 Å². The molecule has 49 unspecified atom stereocenters. The summed E-state index contributed by atoms with van der Waals surface area (Å²) < 4.78 is 110.